The van der Waals surface area contributed by atoms with Gasteiger partial charge in [0.25, 0.3) is 0 Å². The van der Waals surface area contributed by atoms with E-state index >= 15 is 0 Å². The normalized spacial score (nSPS) is 10.8. The summed E-state index contributed by atoms with van der Waals surface area (Å²) < 4.78 is 0.975. The average Bonchev–Trinajstić information content (AvgIpc) is 3.02. The van der Waals surface area contributed by atoms with Crippen LogP contribution >= 0.6 is 34.3 Å². The van der Waals surface area contributed by atoms with Crippen LogP contribution in [-0.4, -0.2) is 15.9 Å². The first-order valence-corrected chi connectivity index (χ1v) is 7.78. The highest BCUT2D eigenvalue weighted by molar-refractivity contribution is 7.16. The molecular formula is C12H9ClN4OS2. The fraction of sp³-hybridized carbons (Fsp3) is 0.0833. The van der Waals surface area contributed by atoms with Crippen LogP contribution in [-0.2, 0) is 11.2 Å². The molecule has 102 valence electrons. The van der Waals surface area contributed by atoms with E-state index in [4.69, 9.17) is 17.3 Å². The molecule has 8 heteroatoms. The SMILES string of the molecule is Nc1nc(CC(=O)Nc2c(Cl)ccc3scnc23)cs1. The summed E-state index contributed by atoms with van der Waals surface area (Å²) in [6.07, 6.45) is 0.157. The molecule has 0 aliphatic carbocycles. The van der Waals surface area contributed by atoms with Crippen LogP contribution in [0.1, 0.15) is 5.69 Å². The zero-order valence-corrected chi connectivity index (χ0v) is 12.5. The average molecular weight is 325 g/mol. The first-order valence-electron chi connectivity index (χ1n) is 5.65. The third-order valence-corrected chi connectivity index (χ3v) is 4.46. The molecule has 0 unspecified atom stereocenters. The van der Waals surface area contributed by atoms with Gasteiger partial charge in [0.15, 0.2) is 5.13 Å². The van der Waals surface area contributed by atoms with Gasteiger partial charge in [-0.3, -0.25) is 4.79 Å². The Morgan fingerprint density at radius 2 is 2.25 bits per heavy atom. The molecule has 20 heavy (non-hydrogen) atoms. The number of anilines is 2. The fourth-order valence-corrected chi connectivity index (χ4v) is 3.22. The van der Waals surface area contributed by atoms with E-state index in [0.717, 1.165) is 4.70 Å². The molecule has 2 aromatic heterocycles. The van der Waals surface area contributed by atoms with Crippen molar-refractivity contribution in [3.8, 4) is 0 Å². The van der Waals surface area contributed by atoms with Gasteiger partial charge in [0, 0.05) is 5.38 Å². The van der Waals surface area contributed by atoms with Gasteiger partial charge >= 0.3 is 0 Å². The predicted molar refractivity (Wildman–Crippen MR) is 83.5 cm³/mol. The number of nitrogens with zero attached hydrogens (tertiary/aromatic N) is 2. The lowest BCUT2D eigenvalue weighted by atomic mass is 10.2. The van der Waals surface area contributed by atoms with E-state index in [-0.39, 0.29) is 12.3 Å². The standard InChI is InChI=1S/C12H9ClN4OS2/c13-7-1-2-8-11(15-5-20-8)10(7)17-9(18)3-6-4-19-12(14)16-6/h1-2,4-5H,3H2,(H2,14,16)(H,17,18). The summed E-state index contributed by atoms with van der Waals surface area (Å²) in [6.45, 7) is 0. The van der Waals surface area contributed by atoms with Crippen LogP contribution in [0.5, 0.6) is 0 Å². The molecule has 1 aromatic carbocycles. The van der Waals surface area contributed by atoms with Gasteiger partial charge in [-0.05, 0) is 12.1 Å². The number of carbonyl (C=O) groups is 1. The minimum atomic E-state index is -0.197. The zero-order valence-electron chi connectivity index (χ0n) is 10.1. The van der Waals surface area contributed by atoms with Crippen molar-refractivity contribution in [2.45, 2.75) is 6.42 Å². The number of hydrogen-bond acceptors (Lipinski definition) is 6. The molecule has 0 saturated heterocycles. The van der Waals surface area contributed by atoms with Crippen LogP contribution < -0.4 is 11.1 Å². The van der Waals surface area contributed by atoms with E-state index in [2.05, 4.69) is 15.3 Å². The Morgan fingerprint density at radius 3 is 3.00 bits per heavy atom. The van der Waals surface area contributed by atoms with Crippen molar-refractivity contribution in [3.05, 3.63) is 33.7 Å². The van der Waals surface area contributed by atoms with Crippen molar-refractivity contribution >= 4 is 61.2 Å². The molecule has 2 heterocycles. The van der Waals surface area contributed by atoms with Crippen LogP contribution in [0.4, 0.5) is 10.8 Å². The maximum absolute atomic E-state index is 12.0. The van der Waals surface area contributed by atoms with Gasteiger partial charge in [-0.25, -0.2) is 9.97 Å². The van der Waals surface area contributed by atoms with Gasteiger partial charge in [0.1, 0.15) is 5.52 Å². The molecule has 3 N–H and O–H groups in total. The number of hydrogen-bond donors (Lipinski definition) is 2. The second kappa shape index (κ2) is 5.35. The maximum Gasteiger partial charge on any atom is 0.230 e. The zero-order chi connectivity index (χ0) is 14.1. The second-order valence-electron chi connectivity index (χ2n) is 4.02. The van der Waals surface area contributed by atoms with E-state index in [0.29, 0.717) is 27.1 Å². The summed E-state index contributed by atoms with van der Waals surface area (Å²) in [5.74, 6) is -0.197. The first kappa shape index (κ1) is 13.3. The van der Waals surface area contributed by atoms with Crippen LogP contribution in [0.25, 0.3) is 10.2 Å². The minimum absolute atomic E-state index is 0.157. The Hall–Kier alpha value is -1.70. The Bertz CT molecular complexity index is 783. The highest BCUT2D eigenvalue weighted by atomic mass is 35.5. The molecule has 0 radical (unpaired) electrons. The fourth-order valence-electron chi connectivity index (χ4n) is 1.78. The lowest BCUT2D eigenvalue weighted by Gasteiger charge is -2.07. The van der Waals surface area contributed by atoms with Crippen molar-refractivity contribution in [1.29, 1.82) is 0 Å². The molecule has 0 fully saturated rings. The second-order valence-corrected chi connectivity index (χ2v) is 6.21. The summed E-state index contributed by atoms with van der Waals surface area (Å²) in [4.78, 5) is 20.3. The van der Waals surface area contributed by atoms with Crippen LogP contribution in [0.2, 0.25) is 5.02 Å². The molecule has 0 bridgehead atoms. The predicted octanol–water partition coefficient (Wildman–Crippen LogP) is 3.17. The van der Waals surface area contributed by atoms with Crippen molar-refractivity contribution < 1.29 is 4.79 Å². The van der Waals surface area contributed by atoms with Crippen molar-refractivity contribution in [3.63, 3.8) is 0 Å². The number of nitrogens with two attached hydrogens (primary N) is 1. The number of rotatable bonds is 3. The van der Waals surface area contributed by atoms with Crippen LogP contribution in [0.15, 0.2) is 23.0 Å². The molecule has 0 spiro atoms. The molecule has 0 aliphatic heterocycles. The summed E-state index contributed by atoms with van der Waals surface area (Å²) >= 11 is 8.93. The van der Waals surface area contributed by atoms with Gasteiger partial charge in [-0.15, -0.1) is 22.7 Å². The quantitative estimate of drug-likeness (QED) is 0.775. The lowest BCUT2D eigenvalue weighted by Crippen LogP contribution is -2.15. The molecule has 0 saturated carbocycles. The summed E-state index contributed by atoms with van der Waals surface area (Å²) in [7, 11) is 0. The lowest BCUT2D eigenvalue weighted by molar-refractivity contribution is -0.115. The summed E-state index contributed by atoms with van der Waals surface area (Å²) in [5.41, 5.74) is 9.15. The topological polar surface area (TPSA) is 80.9 Å². The molecule has 3 rings (SSSR count). The Labute approximate surface area is 127 Å². The summed E-state index contributed by atoms with van der Waals surface area (Å²) in [6, 6.07) is 3.63. The van der Waals surface area contributed by atoms with Gasteiger partial charge in [0.05, 0.1) is 33.0 Å². The smallest absolute Gasteiger partial charge is 0.230 e. The number of amides is 1. The highest BCUT2D eigenvalue weighted by Gasteiger charge is 2.13. The number of fused-ring (bicyclic) bond motifs is 1. The first-order chi connectivity index (χ1) is 9.63. The molecule has 5 nitrogen and oxygen atoms in total. The third-order valence-electron chi connectivity index (χ3n) is 2.63. The van der Waals surface area contributed by atoms with Crippen LogP contribution in [0.3, 0.4) is 0 Å². The van der Waals surface area contributed by atoms with E-state index in [9.17, 15) is 4.79 Å². The number of nitrogens with one attached hydrogen (secondary N) is 1. The number of thiazole rings is 2. The van der Waals surface area contributed by atoms with Gasteiger partial charge < -0.3 is 11.1 Å². The molecular weight excluding hydrogens is 316 g/mol. The maximum atomic E-state index is 12.0. The molecule has 0 atom stereocenters. The monoisotopic (exact) mass is 324 g/mol. The Morgan fingerprint density at radius 1 is 1.40 bits per heavy atom. The van der Waals surface area contributed by atoms with Crippen molar-refractivity contribution in [2.75, 3.05) is 11.1 Å². The molecule has 3 aromatic rings. The Balaban J connectivity index is 1.83. The van der Waals surface area contributed by atoms with Gasteiger partial charge in [0.2, 0.25) is 5.91 Å². The molecule has 1 amide bonds. The van der Waals surface area contributed by atoms with Gasteiger partial charge in [-0.2, -0.15) is 0 Å². The van der Waals surface area contributed by atoms with Crippen molar-refractivity contribution in [1.82, 2.24) is 9.97 Å². The van der Waals surface area contributed by atoms with Crippen molar-refractivity contribution in [2.24, 2.45) is 0 Å². The van der Waals surface area contributed by atoms with E-state index < -0.39 is 0 Å². The number of aromatic nitrogens is 2. The number of benzene rings is 1. The minimum Gasteiger partial charge on any atom is -0.375 e. The number of halogens is 1. The highest BCUT2D eigenvalue weighted by Crippen LogP contribution is 2.32. The van der Waals surface area contributed by atoms with E-state index in [1.54, 1.807) is 17.0 Å². The van der Waals surface area contributed by atoms with E-state index in [1.807, 2.05) is 6.07 Å². The summed E-state index contributed by atoms with van der Waals surface area (Å²) in [5, 5.41) is 5.48. The molecule has 0 aliphatic rings. The number of nitrogen functional groups attached to an aromatic ring is 1. The van der Waals surface area contributed by atoms with E-state index in [1.165, 1.54) is 22.7 Å². The number of carbonyl (C=O) groups excluding carboxylic acids is 1. The third kappa shape index (κ3) is 2.60. The largest absolute Gasteiger partial charge is 0.375 e. The van der Waals surface area contributed by atoms with Crippen LogP contribution in [0, 0.1) is 0 Å². The Kier molecular flexibility index (Phi) is 3.56. The van der Waals surface area contributed by atoms with Gasteiger partial charge in [-0.1, -0.05) is 11.6 Å².